The van der Waals surface area contributed by atoms with Crippen molar-refractivity contribution in [1.29, 1.82) is 0 Å². The second kappa shape index (κ2) is 7.80. The lowest BCUT2D eigenvalue weighted by Crippen LogP contribution is -2.35. The molecule has 0 atom stereocenters. The summed E-state index contributed by atoms with van der Waals surface area (Å²) >= 11 is 7.41. The number of hydrogen-bond acceptors (Lipinski definition) is 6. The van der Waals surface area contributed by atoms with E-state index in [1.807, 2.05) is 31.2 Å². The number of anilines is 1. The second-order valence-electron chi connectivity index (χ2n) is 6.19. The number of hydrogen-bond donors (Lipinski definition) is 1. The molecule has 1 aromatic carbocycles. The molecule has 3 heterocycles. The normalized spacial score (nSPS) is 20.5. The molecule has 0 radical (unpaired) electrons. The Kier molecular flexibility index (Phi) is 5.24. The third kappa shape index (κ3) is 4.21. The number of rotatable bonds is 3. The van der Waals surface area contributed by atoms with E-state index in [-0.39, 0.29) is 5.91 Å². The van der Waals surface area contributed by atoms with Gasteiger partial charge >= 0.3 is 0 Å². The van der Waals surface area contributed by atoms with Crippen LogP contribution in [0.3, 0.4) is 0 Å². The first-order valence-corrected chi connectivity index (χ1v) is 9.76. The van der Waals surface area contributed by atoms with E-state index in [4.69, 9.17) is 20.8 Å². The highest BCUT2D eigenvalue weighted by Crippen LogP contribution is 2.30. The molecule has 4 rings (SSSR count). The van der Waals surface area contributed by atoms with Crippen LogP contribution in [0.15, 0.2) is 44.6 Å². The van der Waals surface area contributed by atoms with Crippen LogP contribution in [-0.4, -0.2) is 37.4 Å². The summed E-state index contributed by atoms with van der Waals surface area (Å²) in [5.41, 5.74) is 1.68. The number of benzene rings is 1. The highest BCUT2D eigenvalue weighted by Gasteiger charge is 2.24. The quantitative estimate of drug-likeness (QED) is 0.785. The van der Waals surface area contributed by atoms with Crippen LogP contribution in [0.5, 0.6) is 0 Å². The van der Waals surface area contributed by atoms with Crippen LogP contribution in [-0.2, 0) is 9.53 Å². The number of halogens is 1. The predicted octanol–water partition coefficient (Wildman–Crippen LogP) is 3.97. The van der Waals surface area contributed by atoms with Gasteiger partial charge in [-0.05, 0) is 42.4 Å². The molecule has 27 heavy (non-hydrogen) atoms. The number of ether oxygens (including phenoxy) is 1. The fourth-order valence-corrected chi connectivity index (χ4v) is 3.75. The van der Waals surface area contributed by atoms with E-state index in [0.29, 0.717) is 39.8 Å². The van der Waals surface area contributed by atoms with Crippen molar-refractivity contribution in [3.05, 3.63) is 51.6 Å². The van der Waals surface area contributed by atoms with Crippen LogP contribution in [0.1, 0.15) is 11.3 Å². The largest absolute Gasteiger partial charge is 0.441 e. The van der Waals surface area contributed by atoms with Crippen LogP contribution < -0.4 is 10.2 Å². The lowest BCUT2D eigenvalue weighted by Gasteiger charge is -2.26. The van der Waals surface area contributed by atoms with Crippen molar-refractivity contribution in [1.82, 2.24) is 5.32 Å². The number of nitrogens with one attached hydrogen (secondary N) is 1. The molecule has 0 bridgehead atoms. The van der Waals surface area contributed by atoms with Crippen molar-refractivity contribution < 1.29 is 13.9 Å². The minimum absolute atomic E-state index is 0.193. The number of amides is 1. The van der Waals surface area contributed by atoms with E-state index in [9.17, 15) is 4.79 Å². The molecule has 6 nitrogen and oxygen atoms in total. The molecule has 0 saturated carbocycles. The van der Waals surface area contributed by atoms with Crippen molar-refractivity contribution in [3.8, 4) is 0 Å². The van der Waals surface area contributed by atoms with Crippen LogP contribution in [0.25, 0.3) is 6.08 Å². The number of carbonyl (C=O) groups is 1. The Morgan fingerprint density at radius 1 is 1.26 bits per heavy atom. The highest BCUT2D eigenvalue weighted by atomic mass is 35.5. The van der Waals surface area contributed by atoms with Crippen molar-refractivity contribution in [2.75, 3.05) is 31.2 Å². The third-order valence-corrected chi connectivity index (χ3v) is 5.56. The van der Waals surface area contributed by atoms with Gasteiger partial charge in [-0.25, -0.2) is 4.99 Å². The molecule has 1 amide bonds. The summed E-state index contributed by atoms with van der Waals surface area (Å²) in [6, 6.07) is 9.32. The zero-order chi connectivity index (χ0) is 18.8. The zero-order valence-corrected chi connectivity index (χ0v) is 16.3. The Morgan fingerprint density at radius 3 is 2.85 bits per heavy atom. The molecule has 0 spiro atoms. The fourth-order valence-electron chi connectivity index (χ4n) is 2.75. The third-order valence-electron chi connectivity index (χ3n) is 4.25. The highest BCUT2D eigenvalue weighted by molar-refractivity contribution is 8.18. The maximum Gasteiger partial charge on any atom is 0.264 e. The molecule has 2 aromatic rings. The van der Waals surface area contributed by atoms with Gasteiger partial charge < -0.3 is 19.4 Å². The van der Waals surface area contributed by atoms with Crippen molar-refractivity contribution in [2.45, 2.75) is 6.92 Å². The summed E-state index contributed by atoms with van der Waals surface area (Å²) in [4.78, 5) is 19.3. The van der Waals surface area contributed by atoms with Crippen LogP contribution in [0.4, 0.5) is 11.6 Å². The molecule has 0 unspecified atom stereocenters. The summed E-state index contributed by atoms with van der Waals surface area (Å²) in [7, 11) is 0. The van der Waals surface area contributed by atoms with E-state index in [0.717, 1.165) is 24.5 Å². The van der Waals surface area contributed by atoms with Gasteiger partial charge in [0.15, 0.2) is 11.1 Å². The van der Waals surface area contributed by atoms with Crippen molar-refractivity contribution >= 4 is 52.1 Å². The Labute approximate surface area is 166 Å². The molecular formula is C19H18ClN3O3S. The standard InChI is InChI=1S/C19H18ClN3O3S/c1-12-2-3-13(10-15(12)20)21-19-22-18(24)16(27-19)11-14-4-5-17(26-14)23-6-8-25-9-7-23/h2-5,10-11H,6-9H2,1H3,(H,21,22,24)/b16-11-. The summed E-state index contributed by atoms with van der Waals surface area (Å²) in [6.45, 7) is 4.92. The number of thioether (sulfide) groups is 1. The van der Waals surface area contributed by atoms with Gasteiger partial charge in [-0.3, -0.25) is 4.79 Å². The fraction of sp³-hybridized carbons (Fsp3) is 0.263. The Bertz CT molecular complexity index is 932. The Morgan fingerprint density at radius 2 is 2.07 bits per heavy atom. The molecule has 8 heteroatoms. The van der Waals surface area contributed by atoms with Crippen LogP contribution in [0.2, 0.25) is 5.02 Å². The number of furan rings is 1. The van der Waals surface area contributed by atoms with Crippen molar-refractivity contribution in [3.63, 3.8) is 0 Å². The molecule has 2 fully saturated rings. The summed E-state index contributed by atoms with van der Waals surface area (Å²) in [5, 5.41) is 3.94. The van der Waals surface area contributed by atoms with Gasteiger partial charge in [-0.15, -0.1) is 0 Å². The van der Waals surface area contributed by atoms with Crippen molar-refractivity contribution in [2.24, 2.45) is 4.99 Å². The van der Waals surface area contributed by atoms with E-state index in [2.05, 4.69) is 15.2 Å². The van der Waals surface area contributed by atoms with Gasteiger partial charge in [0.25, 0.3) is 5.91 Å². The Hall–Kier alpha value is -2.22. The van der Waals surface area contributed by atoms with Gasteiger partial charge in [0.2, 0.25) is 0 Å². The first-order chi connectivity index (χ1) is 13.1. The first kappa shape index (κ1) is 18.2. The van der Waals surface area contributed by atoms with E-state index in [1.54, 1.807) is 12.1 Å². The maximum absolute atomic E-state index is 12.2. The van der Waals surface area contributed by atoms with E-state index >= 15 is 0 Å². The Balaban J connectivity index is 1.49. The molecular weight excluding hydrogens is 386 g/mol. The monoisotopic (exact) mass is 403 g/mol. The minimum Gasteiger partial charge on any atom is -0.441 e. The zero-order valence-electron chi connectivity index (χ0n) is 14.7. The number of morpholine rings is 1. The molecule has 1 N–H and O–H groups in total. The smallest absolute Gasteiger partial charge is 0.264 e. The SMILES string of the molecule is Cc1ccc(N=C2NC(=O)/C(=C/c3ccc(N4CCOCC4)o3)S2)cc1Cl. The average Bonchev–Trinajstić information content (AvgIpc) is 3.26. The topological polar surface area (TPSA) is 67.1 Å². The maximum atomic E-state index is 12.2. The molecule has 2 saturated heterocycles. The van der Waals surface area contributed by atoms with E-state index < -0.39 is 0 Å². The number of aliphatic imine (C=N–C) groups is 1. The lowest BCUT2D eigenvalue weighted by molar-refractivity contribution is -0.115. The summed E-state index contributed by atoms with van der Waals surface area (Å²) < 4.78 is 11.2. The number of nitrogens with zero attached hydrogens (tertiary/aromatic N) is 2. The lowest BCUT2D eigenvalue weighted by atomic mass is 10.2. The molecule has 1 aromatic heterocycles. The average molecular weight is 404 g/mol. The van der Waals surface area contributed by atoms with E-state index in [1.165, 1.54) is 11.8 Å². The molecule has 0 aliphatic carbocycles. The van der Waals surface area contributed by atoms with Gasteiger partial charge in [0, 0.05) is 30.3 Å². The van der Waals surface area contributed by atoms with Gasteiger partial charge in [0.05, 0.1) is 23.8 Å². The van der Waals surface area contributed by atoms with Gasteiger partial charge in [-0.1, -0.05) is 17.7 Å². The molecule has 2 aliphatic rings. The minimum atomic E-state index is -0.193. The predicted molar refractivity (Wildman–Crippen MR) is 109 cm³/mol. The molecule has 2 aliphatic heterocycles. The van der Waals surface area contributed by atoms with Crippen LogP contribution >= 0.6 is 23.4 Å². The number of amidine groups is 1. The van der Waals surface area contributed by atoms with Gasteiger partial charge in [0.1, 0.15) is 5.76 Å². The number of aryl methyl sites for hydroxylation is 1. The first-order valence-electron chi connectivity index (χ1n) is 8.57. The summed E-state index contributed by atoms with van der Waals surface area (Å²) in [5.74, 6) is 1.23. The van der Waals surface area contributed by atoms with Crippen LogP contribution in [0, 0.1) is 6.92 Å². The number of carbonyl (C=O) groups excluding carboxylic acids is 1. The summed E-state index contributed by atoms with van der Waals surface area (Å²) in [6.07, 6.45) is 1.73. The van der Waals surface area contributed by atoms with Gasteiger partial charge in [-0.2, -0.15) is 0 Å². The molecule has 140 valence electrons. The second-order valence-corrected chi connectivity index (χ2v) is 7.63.